The fourth-order valence-electron chi connectivity index (χ4n) is 0.602. The van der Waals surface area contributed by atoms with Crippen LogP contribution in [0.3, 0.4) is 0 Å². The Balaban J connectivity index is 3.94. The Labute approximate surface area is 73.9 Å². The summed E-state index contributed by atoms with van der Waals surface area (Å²) in [6.45, 7) is 1.38. The summed E-state index contributed by atoms with van der Waals surface area (Å²) in [7, 11) is 1.53. The topological polar surface area (TPSA) is 58.2 Å². The van der Waals surface area contributed by atoms with Gasteiger partial charge in [-0.25, -0.2) is 0 Å². The van der Waals surface area contributed by atoms with Crippen molar-refractivity contribution in [1.82, 2.24) is 10.6 Å². The van der Waals surface area contributed by atoms with Gasteiger partial charge in [-0.2, -0.15) is 0 Å². The van der Waals surface area contributed by atoms with E-state index in [0.717, 1.165) is 0 Å². The van der Waals surface area contributed by atoms with Gasteiger partial charge in [-0.05, 0) is 0 Å². The van der Waals surface area contributed by atoms with Crippen LogP contribution in [0.2, 0.25) is 5.32 Å². The molecule has 0 fully saturated rings. The van der Waals surface area contributed by atoms with Gasteiger partial charge >= 0.3 is 73.4 Å². The van der Waals surface area contributed by atoms with E-state index >= 15 is 0 Å². The molecule has 0 saturated heterocycles. The molecule has 0 heterocycles. The first-order chi connectivity index (χ1) is 5.11. The SMILES string of the molecule is CNC(=O)[C@H](C[Se])NC(C)=O. The van der Waals surface area contributed by atoms with Crippen molar-refractivity contribution < 1.29 is 9.59 Å². The Bertz CT molecular complexity index is 161. The van der Waals surface area contributed by atoms with Gasteiger partial charge < -0.3 is 0 Å². The fraction of sp³-hybridized carbons (Fsp3) is 0.667. The summed E-state index contributed by atoms with van der Waals surface area (Å²) in [6, 6.07) is -0.447. The Kier molecular flexibility index (Phi) is 4.90. The second kappa shape index (κ2) is 5.15. The third-order valence-corrected chi connectivity index (χ3v) is 1.81. The van der Waals surface area contributed by atoms with Gasteiger partial charge in [0.15, 0.2) is 0 Å². The monoisotopic (exact) mass is 223 g/mol. The predicted octanol–water partition coefficient (Wildman–Crippen LogP) is -1.18. The number of carbonyl (C=O) groups is 2. The molecule has 5 heteroatoms. The van der Waals surface area contributed by atoms with E-state index in [9.17, 15) is 9.59 Å². The van der Waals surface area contributed by atoms with Crippen molar-refractivity contribution in [1.29, 1.82) is 0 Å². The zero-order valence-electron chi connectivity index (χ0n) is 6.51. The number of hydrogen-bond acceptors (Lipinski definition) is 2. The normalized spacial score (nSPS) is 11.9. The summed E-state index contributed by atoms with van der Waals surface area (Å²) in [5.74, 6) is -0.382. The molecule has 63 valence electrons. The van der Waals surface area contributed by atoms with Crippen LogP contribution in [-0.2, 0) is 9.59 Å². The molecule has 4 nitrogen and oxygen atoms in total. The van der Waals surface area contributed by atoms with E-state index in [4.69, 9.17) is 0 Å². The van der Waals surface area contributed by atoms with E-state index in [1.807, 2.05) is 0 Å². The summed E-state index contributed by atoms with van der Waals surface area (Å²) in [5.41, 5.74) is 0. The summed E-state index contributed by atoms with van der Waals surface area (Å²) in [4.78, 5) is 21.5. The van der Waals surface area contributed by atoms with Crippen molar-refractivity contribution in [2.45, 2.75) is 18.3 Å². The van der Waals surface area contributed by atoms with Crippen molar-refractivity contribution in [3.8, 4) is 0 Å². The second-order valence-electron chi connectivity index (χ2n) is 2.03. The van der Waals surface area contributed by atoms with Crippen LogP contribution < -0.4 is 10.6 Å². The van der Waals surface area contributed by atoms with Crippen LogP contribution in [0.4, 0.5) is 0 Å². The van der Waals surface area contributed by atoms with Gasteiger partial charge in [0.2, 0.25) is 0 Å². The average molecular weight is 222 g/mol. The van der Waals surface area contributed by atoms with Gasteiger partial charge in [-0.3, -0.25) is 0 Å². The molecule has 2 N–H and O–H groups in total. The maximum absolute atomic E-state index is 10.9. The first kappa shape index (κ1) is 10.5. The Morgan fingerprint density at radius 1 is 1.55 bits per heavy atom. The van der Waals surface area contributed by atoms with Crippen molar-refractivity contribution in [2.24, 2.45) is 0 Å². The van der Waals surface area contributed by atoms with Crippen LogP contribution >= 0.6 is 0 Å². The maximum atomic E-state index is 10.9. The molecule has 11 heavy (non-hydrogen) atoms. The van der Waals surface area contributed by atoms with Crippen LogP contribution in [0.5, 0.6) is 0 Å². The number of amides is 2. The van der Waals surface area contributed by atoms with Crippen molar-refractivity contribution in [3.05, 3.63) is 0 Å². The third kappa shape index (κ3) is 4.01. The van der Waals surface area contributed by atoms with E-state index < -0.39 is 6.04 Å². The van der Waals surface area contributed by atoms with Crippen LogP contribution in [0.15, 0.2) is 0 Å². The number of nitrogens with one attached hydrogen (secondary N) is 2. The summed E-state index contributed by atoms with van der Waals surface area (Å²) >= 11 is 2.69. The van der Waals surface area contributed by atoms with Crippen LogP contribution in [0.1, 0.15) is 6.92 Å². The fourth-order valence-corrected chi connectivity index (χ4v) is 1.09. The molecule has 0 aliphatic heterocycles. The molecule has 0 rings (SSSR count). The second-order valence-corrected chi connectivity index (χ2v) is 2.73. The van der Waals surface area contributed by atoms with Gasteiger partial charge in [-0.15, -0.1) is 0 Å². The van der Waals surface area contributed by atoms with Crippen molar-refractivity contribution in [3.63, 3.8) is 0 Å². The molecule has 0 aromatic heterocycles. The molecule has 2 amide bonds. The summed E-state index contributed by atoms with van der Waals surface area (Å²) in [6.07, 6.45) is 0. The molecule has 0 saturated carbocycles. The summed E-state index contributed by atoms with van der Waals surface area (Å²) in [5, 5.41) is 5.43. The number of rotatable bonds is 3. The van der Waals surface area contributed by atoms with Crippen LogP contribution in [-0.4, -0.2) is 40.9 Å². The number of likely N-dealkylation sites (N-methyl/N-ethyl adjacent to an activating group) is 1. The molecule has 0 aliphatic carbocycles. The molecule has 0 unspecified atom stereocenters. The zero-order chi connectivity index (χ0) is 8.85. The van der Waals surface area contributed by atoms with E-state index in [1.165, 1.54) is 14.0 Å². The van der Waals surface area contributed by atoms with Crippen LogP contribution in [0, 0.1) is 0 Å². The number of hydrogen-bond donors (Lipinski definition) is 2. The minimum absolute atomic E-state index is 0.182. The van der Waals surface area contributed by atoms with Gasteiger partial charge in [-0.1, -0.05) is 0 Å². The van der Waals surface area contributed by atoms with Crippen molar-refractivity contribution in [2.75, 3.05) is 7.05 Å². The standard InChI is InChI=1S/C6H11N2O2Se/c1-4(9)8-5(3-11)6(10)7-2/h5H,3H2,1-2H3,(H,7,10)(H,8,9)/t5-/m0/s1. The van der Waals surface area contributed by atoms with Gasteiger partial charge in [0, 0.05) is 0 Å². The molecular weight excluding hydrogens is 211 g/mol. The van der Waals surface area contributed by atoms with Gasteiger partial charge in [0.1, 0.15) is 0 Å². The molecule has 0 spiro atoms. The van der Waals surface area contributed by atoms with E-state index in [1.54, 1.807) is 0 Å². The van der Waals surface area contributed by atoms with E-state index in [0.29, 0.717) is 5.32 Å². The minimum atomic E-state index is -0.447. The molecule has 1 radical (unpaired) electrons. The molecule has 1 atom stereocenters. The van der Waals surface area contributed by atoms with Crippen molar-refractivity contribution >= 4 is 27.8 Å². The van der Waals surface area contributed by atoms with Gasteiger partial charge in [0.05, 0.1) is 0 Å². The first-order valence-corrected chi connectivity index (χ1v) is 4.39. The molecule has 0 aliphatic rings. The summed E-state index contributed by atoms with van der Waals surface area (Å²) < 4.78 is 0. The Morgan fingerprint density at radius 2 is 2.09 bits per heavy atom. The third-order valence-electron chi connectivity index (χ3n) is 1.11. The van der Waals surface area contributed by atoms with Gasteiger partial charge in [0.25, 0.3) is 0 Å². The van der Waals surface area contributed by atoms with E-state index in [2.05, 4.69) is 26.6 Å². The average Bonchev–Trinajstić information content (AvgIpc) is 1.98. The first-order valence-electron chi connectivity index (χ1n) is 3.18. The Morgan fingerprint density at radius 3 is 2.36 bits per heavy atom. The molecule has 0 aromatic rings. The van der Waals surface area contributed by atoms with E-state index in [-0.39, 0.29) is 11.8 Å². The molecule has 0 bridgehead atoms. The quantitative estimate of drug-likeness (QED) is 0.591. The van der Waals surface area contributed by atoms with Crippen LogP contribution in [0.25, 0.3) is 0 Å². The predicted molar refractivity (Wildman–Crippen MR) is 42.2 cm³/mol. The molecule has 0 aromatic carbocycles. The molecular formula is C6H11N2O2Se. The zero-order valence-corrected chi connectivity index (χ0v) is 8.22. The number of carbonyl (C=O) groups excluding carboxylic acids is 2. The Hall–Kier alpha value is -0.541.